The Labute approximate surface area is 179 Å². The summed E-state index contributed by atoms with van der Waals surface area (Å²) in [6, 6.07) is 4.42. The van der Waals surface area contributed by atoms with Crippen LogP contribution in [0.1, 0.15) is 38.9 Å². The van der Waals surface area contributed by atoms with Crippen molar-refractivity contribution in [2.45, 2.75) is 45.2 Å². The van der Waals surface area contributed by atoms with Crippen LogP contribution in [0.3, 0.4) is 0 Å². The van der Waals surface area contributed by atoms with E-state index in [1.165, 1.54) is 18.3 Å². The van der Waals surface area contributed by atoms with Crippen molar-refractivity contribution in [3.8, 4) is 22.6 Å². The van der Waals surface area contributed by atoms with Gasteiger partial charge in [-0.25, -0.2) is 4.79 Å². The molecule has 10 heteroatoms. The Morgan fingerprint density at radius 2 is 2.07 bits per heavy atom. The van der Waals surface area contributed by atoms with Crippen molar-refractivity contribution in [3.63, 3.8) is 0 Å². The Kier molecular flexibility index (Phi) is 5.90. The fourth-order valence-corrected chi connectivity index (χ4v) is 4.01. The van der Waals surface area contributed by atoms with Gasteiger partial charge in [-0.15, -0.1) is 0 Å². The molecule has 0 radical (unpaired) electrons. The molecule has 0 fully saturated rings. The quantitative estimate of drug-likeness (QED) is 0.510. The zero-order valence-corrected chi connectivity index (χ0v) is 18.0. The largest absolute Gasteiger partial charge is 0.475 e. The monoisotopic (exact) mass is 488 g/mol. The summed E-state index contributed by atoms with van der Waals surface area (Å²) >= 11 is 3.37. The molecule has 3 rings (SSSR count). The van der Waals surface area contributed by atoms with Gasteiger partial charge in [0.1, 0.15) is 11.5 Å². The molecule has 2 aromatic rings. The van der Waals surface area contributed by atoms with Gasteiger partial charge >= 0.3 is 12.3 Å². The molecule has 2 atom stereocenters. The molecule has 0 aliphatic carbocycles. The van der Waals surface area contributed by atoms with E-state index in [-0.39, 0.29) is 23.0 Å². The Bertz CT molecular complexity index is 968. The van der Waals surface area contributed by atoms with Crippen LogP contribution < -0.4 is 14.8 Å². The maximum atomic E-state index is 13.6. The number of aromatic nitrogens is 1. The van der Waals surface area contributed by atoms with Crippen molar-refractivity contribution >= 4 is 22.0 Å². The molecule has 2 heterocycles. The summed E-state index contributed by atoms with van der Waals surface area (Å²) in [6.45, 7) is 5.36. The van der Waals surface area contributed by atoms with E-state index in [1.54, 1.807) is 13.0 Å². The van der Waals surface area contributed by atoms with E-state index in [9.17, 15) is 23.1 Å². The number of carbonyl (C=O) groups is 1. The van der Waals surface area contributed by atoms with Crippen LogP contribution in [0.5, 0.6) is 11.5 Å². The minimum Gasteiger partial charge on any atom is -0.475 e. The van der Waals surface area contributed by atoms with Gasteiger partial charge in [-0.1, -0.05) is 13.8 Å². The van der Waals surface area contributed by atoms with Crippen molar-refractivity contribution < 1.29 is 32.5 Å². The SMILES string of the molecule is CC(C)C[C@@](C)(NC(=O)O)Oc1cc2c(cc1Br)-c1ccncc1C(C(F)(F)F)O2. The lowest BCUT2D eigenvalue weighted by atomic mass is 9.94. The maximum absolute atomic E-state index is 13.6. The third-order valence-electron chi connectivity index (χ3n) is 4.51. The average molecular weight is 489 g/mol. The molecule has 0 spiro atoms. The van der Waals surface area contributed by atoms with Crippen LogP contribution >= 0.6 is 15.9 Å². The first-order valence-electron chi connectivity index (χ1n) is 9.11. The van der Waals surface area contributed by atoms with E-state index in [4.69, 9.17) is 9.47 Å². The second-order valence-electron chi connectivity index (χ2n) is 7.64. The van der Waals surface area contributed by atoms with Crippen LogP contribution in [0.15, 0.2) is 35.1 Å². The van der Waals surface area contributed by atoms with Gasteiger partial charge in [0.05, 0.1) is 4.47 Å². The van der Waals surface area contributed by atoms with E-state index in [1.807, 2.05) is 13.8 Å². The molecule has 162 valence electrons. The highest BCUT2D eigenvalue weighted by Crippen LogP contribution is 2.50. The van der Waals surface area contributed by atoms with Gasteiger partial charge in [0, 0.05) is 36.0 Å². The number of hydrogen-bond donors (Lipinski definition) is 2. The van der Waals surface area contributed by atoms with Crippen LogP contribution in [0.4, 0.5) is 18.0 Å². The molecular weight excluding hydrogens is 469 g/mol. The number of carboxylic acid groups (broad SMARTS) is 1. The summed E-state index contributed by atoms with van der Waals surface area (Å²) in [5.74, 6) is 0.226. The Morgan fingerprint density at radius 1 is 1.37 bits per heavy atom. The fraction of sp³-hybridized carbons (Fsp3) is 0.400. The number of rotatable bonds is 5. The van der Waals surface area contributed by atoms with E-state index in [0.29, 0.717) is 22.0 Å². The van der Waals surface area contributed by atoms with Gasteiger partial charge in [0.15, 0.2) is 5.72 Å². The molecule has 30 heavy (non-hydrogen) atoms. The van der Waals surface area contributed by atoms with Gasteiger partial charge in [-0.05, 0) is 46.5 Å². The normalized spacial score (nSPS) is 17.4. The lowest BCUT2D eigenvalue weighted by Gasteiger charge is -2.34. The molecule has 1 aliphatic rings. The molecule has 1 amide bonds. The second-order valence-corrected chi connectivity index (χ2v) is 8.50. The summed E-state index contributed by atoms with van der Waals surface area (Å²) in [4.78, 5) is 15.0. The minimum atomic E-state index is -4.64. The summed E-state index contributed by atoms with van der Waals surface area (Å²) in [7, 11) is 0. The zero-order chi connectivity index (χ0) is 22.3. The first-order valence-corrected chi connectivity index (χ1v) is 9.90. The van der Waals surface area contributed by atoms with Crippen LogP contribution in [-0.2, 0) is 0 Å². The molecule has 1 aliphatic heterocycles. The Balaban J connectivity index is 2.05. The molecule has 1 unspecified atom stereocenters. The van der Waals surface area contributed by atoms with E-state index in [0.717, 1.165) is 6.20 Å². The number of benzene rings is 1. The topological polar surface area (TPSA) is 80.7 Å². The standard InChI is InChI=1S/C20H20BrF3N2O4/c1-10(2)8-19(3,26-18(27)28)30-16-7-15-12(6-14(16)21)11-4-5-25-9-13(11)17(29-15)20(22,23)24/h4-7,9-10,17,26H,8H2,1-3H3,(H,27,28)/t17?,19-/m0/s1. The van der Waals surface area contributed by atoms with Gasteiger partial charge in [-0.2, -0.15) is 13.2 Å². The van der Waals surface area contributed by atoms with Crippen molar-refractivity contribution in [1.82, 2.24) is 10.3 Å². The van der Waals surface area contributed by atoms with Crippen LogP contribution in [-0.4, -0.2) is 28.1 Å². The number of halogens is 4. The third-order valence-corrected chi connectivity index (χ3v) is 5.12. The Hall–Kier alpha value is -2.49. The minimum absolute atomic E-state index is 0.0172. The Morgan fingerprint density at radius 3 is 2.67 bits per heavy atom. The van der Waals surface area contributed by atoms with Gasteiger partial charge in [0.25, 0.3) is 0 Å². The van der Waals surface area contributed by atoms with Crippen LogP contribution in [0.2, 0.25) is 0 Å². The zero-order valence-electron chi connectivity index (χ0n) is 16.4. The smallest absolute Gasteiger partial charge is 0.429 e. The average Bonchev–Trinajstić information content (AvgIpc) is 2.59. The highest BCUT2D eigenvalue weighted by molar-refractivity contribution is 9.10. The van der Waals surface area contributed by atoms with E-state index in [2.05, 4.69) is 26.2 Å². The molecule has 2 N–H and O–H groups in total. The first-order chi connectivity index (χ1) is 13.9. The second kappa shape index (κ2) is 7.98. The first kappa shape index (κ1) is 22.2. The number of nitrogens with one attached hydrogen (secondary N) is 1. The van der Waals surface area contributed by atoms with Gasteiger partial charge in [0.2, 0.25) is 6.10 Å². The predicted octanol–water partition coefficient (Wildman–Crippen LogP) is 5.92. The summed E-state index contributed by atoms with van der Waals surface area (Å²) in [6.07, 6.45) is -5.19. The van der Waals surface area contributed by atoms with Crippen LogP contribution in [0.25, 0.3) is 11.1 Å². The molecule has 0 bridgehead atoms. The number of nitrogens with zero attached hydrogens (tertiary/aromatic N) is 1. The number of fused-ring (bicyclic) bond motifs is 3. The molecule has 0 saturated heterocycles. The van der Waals surface area contributed by atoms with E-state index < -0.39 is 24.1 Å². The van der Waals surface area contributed by atoms with Gasteiger partial charge < -0.3 is 14.6 Å². The lowest BCUT2D eigenvalue weighted by Crippen LogP contribution is -2.51. The van der Waals surface area contributed by atoms with Crippen molar-refractivity contribution in [2.75, 3.05) is 0 Å². The highest BCUT2D eigenvalue weighted by atomic mass is 79.9. The van der Waals surface area contributed by atoms with Gasteiger partial charge in [-0.3, -0.25) is 10.3 Å². The number of ether oxygens (including phenoxy) is 2. The molecular formula is C20H20BrF3N2O4. The summed E-state index contributed by atoms with van der Waals surface area (Å²) in [5.41, 5.74) is -0.565. The predicted molar refractivity (Wildman–Crippen MR) is 106 cm³/mol. The van der Waals surface area contributed by atoms with Crippen molar-refractivity contribution in [3.05, 3.63) is 40.6 Å². The molecule has 0 saturated carbocycles. The summed E-state index contributed by atoms with van der Waals surface area (Å²) < 4.78 is 52.4. The number of pyridine rings is 1. The molecule has 6 nitrogen and oxygen atoms in total. The number of alkyl halides is 3. The van der Waals surface area contributed by atoms with Crippen molar-refractivity contribution in [2.24, 2.45) is 5.92 Å². The van der Waals surface area contributed by atoms with Crippen molar-refractivity contribution in [1.29, 1.82) is 0 Å². The lowest BCUT2D eigenvalue weighted by molar-refractivity contribution is -0.198. The van der Waals surface area contributed by atoms with Crippen LogP contribution in [0, 0.1) is 5.92 Å². The number of hydrogen-bond acceptors (Lipinski definition) is 4. The maximum Gasteiger partial charge on any atom is 0.429 e. The fourth-order valence-electron chi connectivity index (χ4n) is 3.58. The third kappa shape index (κ3) is 4.63. The van der Waals surface area contributed by atoms with E-state index >= 15 is 0 Å². The molecule has 1 aromatic carbocycles. The highest BCUT2D eigenvalue weighted by Gasteiger charge is 2.47. The number of amides is 1. The summed E-state index contributed by atoms with van der Waals surface area (Å²) in [5, 5.41) is 11.5. The molecule has 1 aromatic heterocycles.